The summed E-state index contributed by atoms with van der Waals surface area (Å²) in [6, 6.07) is 10.3. The second-order valence-corrected chi connectivity index (χ2v) is 3.19. The highest BCUT2D eigenvalue weighted by atomic mass is 13.8. The lowest BCUT2D eigenvalue weighted by Gasteiger charge is -1.82. The Hall–Kier alpha value is -1.30. The molecule has 0 bridgehead atoms. The minimum Gasteiger partial charge on any atom is -0.0874 e. The van der Waals surface area contributed by atoms with Crippen LogP contribution >= 0.6 is 0 Å². The van der Waals surface area contributed by atoms with E-state index in [0.717, 1.165) is 0 Å². The normalized spacial score (nSPS) is 10.0. The van der Waals surface area contributed by atoms with Gasteiger partial charge in [0.05, 0.1) is 0 Å². The van der Waals surface area contributed by atoms with Crippen LogP contribution in [0, 0.1) is 6.92 Å². The summed E-state index contributed by atoms with van der Waals surface area (Å²) in [7, 11) is 0. The molecule has 0 heteroatoms. The molecule has 0 heterocycles. The van der Waals surface area contributed by atoms with Crippen molar-refractivity contribution < 1.29 is 0 Å². The van der Waals surface area contributed by atoms with E-state index in [4.69, 9.17) is 0 Å². The Kier molecular flexibility index (Phi) is 14.6. The van der Waals surface area contributed by atoms with Crippen molar-refractivity contribution in [1.29, 1.82) is 0 Å². The van der Waals surface area contributed by atoms with Crippen LogP contribution in [0.3, 0.4) is 0 Å². The van der Waals surface area contributed by atoms with Gasteiger partial charge < -0.3 is 0 Å². The maximum absolute atomic E-state index is 2.08. The zero-order valence-electron chi connectivity index (χ0n) is 11.6. The molecule has 0 aliphatic heterocycles. The van der Waals surface area contributed by atoms with Gasteiger partial charge in [0, 0.05) is 0 Å². The maximum atomic E-state index is 2.08. The third kappa shape index (κ3) is 12.7. The standard InChI is InChI=1S/C7H8.C7H12.C2H6/c1-7-5-3-2-4-6-7;1-4-6-7(3)5-2;1-2/h2-6H,1H3;4-6H,1-3H3;1-2H3/b;6-4-,7-5-;. The number of aryl methyl sites for hydroxylation is 1. The molecule has 0 N–H and O–H groups in total. The first kappa shape index (κ1) is 17.1. The van der Waals surface area contributed by atoms with Crippen LogP contribution < -0.4 is 0 Å². The van der Waals surface area contributed by atoms with E-state index in [-0.39, 0.29) is 0 Å². The van der Waals surface area contributed by atoms with Gasteiger partial charge in [-0.05, 0) is 27.7 Å². The zero-order chi connectivity index (χ0) is 12.8. The molecular weight excluding hydrogens is 192 g/mol. The molecule has 0 radical (unpaired) electrons. The Balaban J connectivity index is 0. The zero-order valence-corrected chi connectivity index (χ0v) is 11.6. The first-order valence-corrected chi connectivity index (χ1v) is 5.98. The van der Waals surface area contributed by atoms with Crippen LogP contribution in [-0.2, 0) is 0 Å². The van der Waals surface area contributed by atoms with Crippen molar-refractivity contribution in [3.8, 4) is 0 Å². The topological polar surface area (TPSA) is 0 Å². The van der Waals surface area contributed by atoms with E-state index in [2.05, 4.69) is 38.1 Å². The molecule has 0 aliphatic carbocycles. The minimum absolute atomic E-state index is 1.32. The van der Waals surface area contributed by atoms with Gasteiger partial charge in [0.25, 0.3) is 0 Å². The van der Waals surface area contributed by atoms with E-state index in [1.54, 1.807) is 0 Å². The molecule has 0 atom stereocenters. The van der Waals surface area contributed by atoms with Gasteiger partial charge in [-0.2, -0.15) is 0 Å². The van der Waals surface area contributed by atoms with Crippen molar-refractivity contribution in [1.82, 2.24) is 0 Å². The Morgan fingerprint density at radius 2 is 1.50 bits per heavy atom. The smallest absolute Gasteiger partial charge is 0.0398 e. The second-order valence-electron chi connectivity index (χ2n) is 3.19. The highest BCUT2D eigenvalue weighted by Gasteiger charge is 1.72. The Morgan fingerprint density at radius 3 is 1.69 bits per heavy atom. The molecule has 0 aliphatic rings. The summed E-state index contributed by atoms with van der Waals surface area (Å²) in [5.41, 5.74) is 2.64. The van der Waals surface area contributed by atoms with Crippen LogP contribution in [0.25, 0.3) is 0 Å². The van der Waals surface area contributed by atoms with Crippen molar-refractivity contribution >= 4 is 0 Å². The highest BCUT2D eigenvalue weighted by molar-refractivity contribution is 5.13. The molecule has 1 aromatic carbocycles. The summed E-state index contributed by atoms with van der Waals surface area (Å²) in [5.74, 6) is 0. The van der Waals surface area contributed by atoms with Gasteiger partial charge in [0.2, 0.25) is 0 Å². The fraction of sp³-hybridized carbons (Fsp3) is 0.375. The quantitative estimate of drug-likeness (QED) is 0.542. The molecule has 0 unspecified atom stereocenters. The summed E-state index contributed by atoms with van der Waals surface area (Å²) in [6.45, 7) is 12.2. The lowest BCUT2D eigenvalue weighted by Crippen LogP contribution is -1.62. The Morgan fingerprint density at radius 1 is 1.00 bits per heavy atom. The van der Waals surface area contributed by atoms with E-state index in [1.165, 1.54) is 11.1 Å². The van der Waals surface area contributed by atoms with Gasteiger partial charge in [-0.3, -0.25) is 0 Å². The summed E-state index contributed by atoms with van der Waals surface area (Å²) in [4.78, 5) is 0. The van der Waals surface area contributed by atoms with Gasteiger partial charge >= 0.3 is 0 Å². The SMILES string of the molecule is C/C=C\C(C)=C/C.CC.Cc1ccccc1. The molecule has 0 nitrogen and oxygen atoms in total. The van der Waals surface area contributed by atoms with Crippen LogP contribution in [0.4, 0.5) is 0 Å². The number of allylic oxidation sites excluding steroid dienone is 4. The monoisotopic (exact) mass is 218 g/mol. The van der Waals surface area contributed by atoms with Crippen molar-refractivity contribution in [2.24, 2.45) is 0 Å². The Labute approximate surface area is 102 Å². The van der Waals surface area contributed by atoms with Crippen LogP contribution in [0.1, 0.15) is 40.2 Å². The summed E-state index contributed by atoms with van der Waals surface area (Å²) < 4.78 is 0. The summed E-state index contributed by atoms with van der Waals surface area (Å²) in [6.07, 6.45) is 6.20. The molecule has 0 saturated carbocycles. The van der Waals surface area contributed by atoms with Crippen LogP contribution in [-0.4, -0.2) is 0 Å². The molecule has 0 spiro atoms. The third-order valence-electron chi connectivity index (χ3n) is 1.83. The molecule has 0 saturated heterocycles. The summed E-state index contributed by atoms with van der Waals surface area (Å²) in [5, 5.41) is 0. The molecule has 0 aromatic heterocycles. The molecule has 16 heavy (non-hydrogen) atoms. The molecule has 1 rings (SSSR count). The van der Waals surface area contributed by atoms with Gasteiger partial charge in [-0.15, -0.1) is 0 Å². The van der Waals surface area contributed by atoms with Crippen molar-refractivity contribution in [3.05, 3.63) is 59.7 Å². The second kappa shape index (κ2) is 13.7. The van der Waals surface area contributed by atoms with E-state index < -0.39 is 0 Å². The molecular formula is C16H26. The first-order valence-electron chi connectivity index (χ1n) is 5.98. The van der Waals surface area contributed by atoms with Crippen molar-refractivity contribution in [3.63, 3.8) is 0 Å². The average Bonchev–Trinajstić information content (AvgIpc) is 2.34. The summed E-state index contributed by atoms with van der Waals surface area (Å²) >= 11 is 0. The lowest BCUT2D eigenvalue weighted by atomic mass is 10.2. The third-order valence-corrected chi connectivity index (χ3v) is 1.83. The number of benzene rings is 1. The first-order chi connectivity index (χ1) is 7.70. The fourth-order valence-electron chi connectivity index (χ4n) is 0.893. The van der Waals surface area contributed by atoms with E-state index in [0.29, 0.717) is 0 Å². The molecule has 1 aromatic rings. The molecule has 0 fully saturated rings. The predicted octanol–water partition coefficient (Wildman–Crippen LogP) is 5.55. The number of hydrogen-bond donors (Lipinski definition) is 0. The van der Waals surface area contributed by atoms with Crippen molar-refractivity contribution in [2.45, 2.75) is 41.5 Å². The van der Waals surface area contributed by atoms with Crippen molar-refractivity contribution in [2.75, 3.05) is 0 Å². The van der Waals surface area contributed by atoms with Crippen LogP contribution in [0.5, 0.6) is 0 Å². The molecule has 0 amide bonds. The predicted molar refractivity (Wildman–Crippen MR) is 76.8 cm³/mol. The average molecular weight is 218 g/mol. The van der Waals surface area contributed by atoms with Gasteiger partial charge in [0.15, 0.2) is 0 Å². The fourth-order valence-corrected chi connectivity index (χ4v) is 0.893. The number of rotatable bonds is 1. The van der Waals surface area contributed by atoms with E-state index >= 15 is 0 Å². The van der Waals surface area contributed by atoms with E-state index in [9.17, 15) is 0 Å². The Bertz CT molecular complexity index is 278. The van der Waals surface area contributed by atoms with Gasteiger partial charge in [0.1, 0.15) is 0 Å². The van der Waals surface area contributed by atoms with Crippen LogP contribution in [0.15, 0.2) is 54.1 Å². The maximum Gasteiger partial charge on any atom is -0.0398 e. The van der Waals surface area contributed by atoms with Crippen LogP contribution in [0.2, 0.25) is 0 Å². The van der Waals surface area contributed by atoms with Gasteiger partial charge in [-0.25, -0.2) is 0 Å². The largest absolute Gasteiger partial charge is 0.0874 e. The lowest BCUT2D eigenvalue weighted by molar-refractivity contribution is 1.46. The number of hydrogen-bond acceptors (Lipinski definition) is 0. The van der Waals surface area contributed by atoms with Gasteiger partial charge in [-0.1, -0.05) is 73.5 Å². The minimum atomic E-state index is 1.32. The highest BCUT2D eigenvalue weighted by Crippen LogP contribution is 1.92. The van der Waals surface area contributed by atoms with E-state index in [1.807, 2.05) is 52.0 Å². The molecule has 90 valence electrons.